The Balaban J connectivity index is 1.91. The number of carbonyl (C=O) groups is 1. The maximum Gasteiger partial charge on any atom is 0.319 e. The third-order valence-corrected chi connectivity index (χ3v) is 3.40. The first-order valence-corrected chi connectivity index (χ1v) is 6.42. The molecule has 2 rings (SSSR count). The van der Waals surface area contributed by atoms with E-state index < -0.39 is 0 Å². The molecule has 0 aliphatic rings. The summed E-state index contributed by atoms with van der Waals surface area (Å²) >= 11 is 8.99. The van der Waals surface area contributed by atoms with Gasteiger partial charge in [-0.25, -0.2) is 14.8 Å². The van der Waals surface area contributed by atoms with E-state index in [9.17, 15) is 4.79 Å². The summed E-state index contributed by atoms with van der Waals surface area (Å²) in [6.07, 6.45) is 2.89. The van der Waals surface area contributed by atoms with E-state index in [0.717, 1.165) is 0 Å². The highest BCUT2D eigenvalue weighted by molar-refractivity contribution is 9.10. The van der Waals surface area contributed by atoms with Crippen LogP contribution in [0.4, 0.5) is 10.5 Å². The Morgan fingerprint density at radius 3 is 2.95 bits per heavy atom. The first-order chi connectivity index (χ1) is 9.06. The molecule has 0 bridgehead atoms. The molecule has 0 saturated heterocycles. The van der Waals surface area contributed by atoms with Crippen LogP contribution in [-0.4, -0.2) is 25.8 Å². The second-order valence-electron chi connectivity index (χ2n) is 3.60. The third kappa shape index (κ3) is 3.65. The molecule has 2 heterocycles. The van der Waals surface area contributed by atoms with Gasteiger partial charge in [0, 0.05) is 7.05 Å². The molecule has 2 amide bonds. The molecule has 100 valence electrons. The predicted molar refractivity (Wildman–Crippen MR) is 73.8 cm³/mol. The summed E-state index contributed by atoms with van der Waals surface area (Å²) in [7, 11) is 1.75. The van der Waals surface area contributed by atoms with Crippen molar-refractivity contribution in [2.24, 2.45) is 7.05 Å². The number of hydrogen-bond acceptors (Lipinski definition) is 4. The molecule has 9 heteroatoms. The summed E-state index contributed by atoms with van der Waals surface area (Å²) in [5.74, 6) is 0.658. The van der Waals surface area contributed by atoms with Crippen molar-refractivity contribution in [3.8, 4) is 0 Å². The molecule has 0 atom stereocenters. The van der Waals surface area contributed by atoms with Gasteiger partial charge in [-0.3, -0.25) is 4.68 Å². The van der Waals surface area contributed by atoms with Crippen molar-refractivity contribution >= 4 is 39.2 Å². The van der Waals surface area contributed by atoms with Crippen molar-refractivity contribution < 1.29 is 4.79 Å². The molecular weight excluding hydrogens is 336 g/mol. The van der Waals surface area contributed by atoms with Gasteiger partial charge in [-0.1, -0.05) is 11.6 Å². The van der Waals surface area contributed by atoms with E-state index in [0.29, 0.717) is 21.1 Å². The van der Waals surface area contributed by atoms with Crippen molar-refractivity contribution in [2.45, 2.75) is 6.54 Å². The van der Waals surface area contributed by atoms with Gasteiger partial charge < -0.3 is 10.6 Å². The topological polar surface area (TPSA) is 84.7 Å². The number of carbonyl (C=O) groups excluding carboxylic acids is 1. The van der Waals surface area contributed by atoms with Crippen LogP contribution in [0.25, 0.3) is 0 Å². The third-order valence-electron chi connectivity index (χ3n) is 2.27. The number of pyridine rings is 1. The minimum Gasteiger partial charge on any atom is -0.331 e. The fourth-order valence-corrected chi connectivity index (χ4v) is 1.76. The minimum atomic E-state index is -0.362. The SMILES string of the molecule is Cn1ncnc1CNC(=O)Nc1cnc(Cl)c(Br)c1. The quantitative estimate of drug-likeness (QED) is 0.833. The van der Waals surface area contributed by atoms with Crippen LogP contribution >= 0.6 is 27.5 Å². The summed E-state index contributed by atoms with van der Waals surface area (Å²) in [4.78, 5) is 19.6. The highest BCUT2D eigenvalue weighted by Gasteiger charge is 2.06. The van der Waals surface area contributed by atoms with Crippen LogP contribution in [0.1, 0.15) is 5.82 Å². The van der Waals surface area contributed by atoms with Gasteiger partial charge in [-0.2, -0.15) is 5.10 Å². The smallest absolute Gasteiger partial charge is 0.319 e. The average molecular weight is 346 g/mol. The molecule has 19 heavy (non-hydrogen) atoms. The van der Waals surface area contributed by atoms with Crippen molar-refractivity contribution in [3.63, 3.8) is 0 Å². The molecule has 0 fully saturated rings. The van der Waals surface area contributed by atoms with E-state index in [-0.39, 0.29) is 12.6 Å². The number of amides is 2. The maximum absolute atomic E-state index is 11.7. The normalized spacial score (nSPS) is 10.3. The van der Waals surface area contributed by atoms with Crippen LogP contribution in [0.5, 0.6) is 0 Å². The molecule has 2 aromatic heterocycles. The monoisotopic (exact) mass is 344 g/mol. The summed E-state index contributed by atoms with van der Waals surface area (Å²) < 4.78 is 2.20. The molecule has 0 aliphatic carbocycles. The Kier molecular flexibility index (Phi) is 4.33. The van der Waals surface area contributed by atoms with E-state index in [1.54, 1.807) is 17.8 Å². The van der Waals surface area contributed by atoms with Crippen molar-refractivity contribution in [1.82, 2.24) is 25.1 Å². The summed E-state index contributed by atoms with van der Waals surface area (Å²) in [5, 5.41) is 9.53. The van der Waals surface area contributed by atoms with E-state index in [1.807, 2.05) is 0 Å². The zero-order valence-corrected chi connectivity index (χ0v) is 12.2. The lowest BCUT2D eigenvalue weighted by Crippen LogP contribution is -2.29. The number of urea groups is 1. The molecule has 0 saturated carbocycles. The Morgan fingerprint density at radius 2 is 2.32 bits per heavy atom. The number of aryl methyl sites for hydroxylation is 1. The largest absolute Gasteiger partial charge is 0.331 e. The predicted octanol–water partition coefficient (Wildman–Crippen LogP) is 1.95. The molecule has 0 aliphatic heterocycles. The molecule has 0 spiro atoms. The Hall–Kier alpha value is -1.67. The van der Waals surface area contributed by atoms with E-state index in [1.165, 1.54) is 12.5 Å². The van der Waals surface area contributed by atoms with Gasteiger partial charge in [0.2, 0.25) is 0 Å². The average Bonchev–Trinajstić information content (AvgIpc) is 2.77. The number of aromatic nitrogens is 4. The molecular formula is C10H10BrClN6O. The minimum absolute atomic E-state index is 0.282. The number of nitrogens with one attached hydrogen (secondary N) is 2. The molecule has 0 unspecified atom stereocenters. The maximum atomic E-state index is 11.7. The number of halogens is 2. The van der Waals surface area contributed by atoms with E-state index in [4.69, 9.17) is 11.6 Å². The zero-order chi connectivity index (χ0) is 13.8. The van der Waals surface area contributed by atoms with E-state index in [2.05, 4.69) is 41.6 Å². The summed E-state index contributed by atoms with van der Waals surface area (Å²) in [5.41, 5.74) is 0.534. The number of nitrogens with zero attached hydrogens (tertiary/aromatic N) is 4. The Bertz CT molecular complexity index is 601. The van der Waals surface area contributed by atoms with Gasteiger partial charge >= 0.3 is 6.03 Å². The number of anilines is 1. The first kappa shape index (κ1) is 13.8. The van der Waals surface area contributed by atoms with E-state index >= 15 is 0 Å². The molecule has 0 aromatic carbocycles. The van der Waals surface area contributed by atoms with Crippen molar-refractivity contribution in [3.05, 3.63) is 34.0 Å². The lowest BCUT2D eigenvalue weighted by molar-refractivity contribution is 0.251. The second-order valence-corrected chi connectivity index (χ2v) is 4.82. The second kappa shape index (κ2) is 5.98. The van der Waals surface area contributed by atoms with Crippen LogP contribution in [0.15, 0.2) is 23.1 Å². The highest BCUT2D eigenvalue weighted by atomic mass is 79.9. The summed E-state index contributed by atoms with van der Waals surface area (Å²) in [6, 6.07) is 1.30. The zero-order valence-electron chi connectivity index (χ0n) is 9.89. The Morgan fingerprint density at radius 1 is 1.53 bits per heavy atom. The highest BCUT2D eigenvalue weighted by Crippen LogP contribution is 2.22. The van der Waals surface area contributed by atoms with Crippen LogP contribution in [0.2, 0.25) is 5.15 Å². The first-order valence-electron chi connectivity index (χ1n) is 5.25. The lowest BCUT2D eigenvalue weighted by atomic mass is 10.4. The van der Waals surface area contributed by atoms with Gasteiger partial charge in [-0.05, 0) is 22.0 Å². The van der Waals surface area contributed by atoms with Gasteiger partial charge in [0.05, 0.1) is 22.9 Å². The fraction of sp³-hybridized carbons (Fsp3) is 0.200. The van der Waals surface area contributed by atoms with Gasteiger partial charge in [0.15, 0.2) is 0 Å². The lowest BCUT2D eigenvalue weighted by Gasteiger charge is -2.07. The van der Waals surface area contributed by atoms with Crippen molar-refractivity contribution in [1.29, 1.82) is 0 Å². The fourth-order valence-electron chi connectivity index (χ4n) is 1.30. The van der Waals surface area contributed by atoms with Gasteiger partial charge in [-0.15, -0.1) is 0 Å². The molecule has 2 aromatic rings. The van der Waals surface area contributed by atoms with Crippen LogP contribution in [-0.2, 0) is 13.6 Å². The number of hydrogen-bond donors (Lipinski definition) is 2. The summed E-state index contributed by atoms with van der Waals surface area (Å²) in [6.45, 7) is 0.282. The van der Waals surface area contributed by atoms with Crippen LogP contribution in [0, 0.1) is 0 Å². The standard InChI is InChI=1S/C10H10BrClN6O/c1-18-8(15-5-16-18)4-14-10(19)17-6-2-7(11)9(12)13-3-6/h2-3,5H,4H2,1H3,(H2,14,17,19). The van der Waals surface area contributed by atoms with Gasteiger partial charge in [0.1, 0.15) is 17.3 Å². The molecule has 0 radical (unpaired) electrons. The Labute approximate surface area is 122 Å². The number of rotatable bonds is 3. The molecule has 7 nitrogen and oxygen atoms in total. The van der Waals surface area contributed by atoms with Crippen LogP contribution < -0.4 is 10.6 Å². The molecule has 2 N–H and O–H groups in total. The van der Waals surface area contributed by atoms with Gasteiger partial charge in [0.25, 0.3) is 0 Å². The van der Waals surface area contributed by atoms with Crippen LogP contribution in [0.3, 0.4) is 0 Å². The van der Waals surface area contributed by atoms with Crippen molar-refractivity contribution in [2.75, 3.05) is 5.32 Å².